The average Bonchev–Trinajstić information content (AvgIpc) is 2.58. The third kappa shape index (κ3) is 2.76. The minimum atomic E-state index is 0.436. The van der Waals surface area contributed by atoms with Crippen molar-refractivity contribution in [2.45, 2.75) is 19.4 Å². The lowest BCUT2D eigenvalue weighted by Crippen LogP contribution is -2.31. The predicted molar refractivity (Wildman–Crippen MR) is 61.7 cm³/mol. The Morgan fingerprint density at radius 3 is 3.07 bits per heavy atom. The fraction of sp³-hybridized carbons (Fsp3) is 0.583. The van der Waals surface area contributed by atoms with Crippen LogP contribution >= 0.6 is 0 Å². The second-order valence-corrected chi connectivity index (χ2v) is 4.07. The van der Waals surface area contributed by atoms with Gasteiger partial charge in [-0.05, 0) is 32.0 Å². The van der Waals surface area contributed by atoms with Gasteiger partial charge in [-0.15, -0.1) is 0 Å². The van der Waals surface area contributed by atoms with Crippen LogP contribution in [0.15, 0.2) is 24.4 Å². The molecule has 2 rings (SSSR count). The highest BCUT2D eigenvalue weighted by Crippen LogP contribution is 2.17. The van der Waals surface area contributed by atoms with E-state index in [1.807, 2.05) is 12.3 Å². The van der Waals surface area contributed by atoms with Gasteiger partial charge in [0.2, 0.25) is 0 Å². The Kier molecular flexibility index (Phi) is 3.69. The summed E-state index contributed by atoms with van der Waals surface area (Å²) in [5, 5.41) is 3.42. The van der Waals surface area contributed by atoms with Crippen LogP contribution in [0.2, 0.25) is 0 Å². The molecule has 82 valence electrons. The van der Waals surface area contributed by atoms with Crippen molar-refractivity contribution in [2.24, 2.45) is 0 Å². The van der Waals surface area contributed by atoms with Crippen LogP contribution in [0.25, 0.3) is 0 Å². The predicted octanol–water partition coefficient (Wildman–Crippen LogP) is 1.44. The van der Waals surface area contributed by atoms with Crippen LogP contribution < -0.4 is 5.32 Å². The molecule has 1 aromatic heterocycles. The first-order valence-electron chi connectivity index (χ1n) is 5.73. The summed E-state index contributed by atoms with van der Waals surface area (Å²) in [6, 6.07) is 6.59. The molecule has 1 saturated heterocycles. The Morgan fingerprint density at radius 1 is 1.33 bits per heavy atom. The highest BCUT2D eigenvalue weighted by Gasteiger charge is 2.17. The molecule has 1 aliphatic heterocycles. The molecule has 15 heavy (non-hydrogen) atoms. The molecular formula is C12H19N3. The second-order valence-electron chi connectivity index (χ2n) is 4.07. The standard InChI is InChI=1S/C12H19N3/c1-11(12-5-2-3-7-14-12)15-9-4-6-13-8-10-15/h2-3,5,7,11,13H,4,6,8-10H2,1H3/t11-/m0/s1. The fourth-order valence-corrected chi connectivity index (χ4v) is 2.06. The van der Waals surface area contributed by atoms with E-state index >= 15 is 0 Å². The molecule has 0 aromatic carbocycles. The SMILES string of the molecule is C[C@@H](c1ccccn1)N1CCCNCC1. The monoisotopic (exact) mass is 205 g/mol. The molecule has 3 nitrogen and oxygen atoms in total. The largest absolute Gasteiger partial charge is 0.315 e. The van der Waals surface area contributed by atoms with E-state index in [1.165, 1.54) is 18.7 Å². The summed E-state index contributed by atoms with van der Waals surface area (Å²) in [6.07, 6.45) is 3.11. The summed E-state index contributed by atoms with van der Waals surface area (Å²) < 4.78 is 0. The van der Waals surface area contributed by atoms with E-state index in [0.717, 1.165) is 19.6 Å². The van der Waals surface area contributed by atoms with Gasteiger partial charge in [0.15, 0.2) is 0 Å². The molecule has 3 heteroatoms. The van der Waals surface area contributed by atoms with Gasteiger partial charge in [0.1, 0.15) is 0 Å². The third-order valence-corrected chi connectivity index (χ3v) is 3.04. The maximum absolute atomic E-state index is 4.42. The van der Waals surface area contributed by atoms with E-state index < -0.39 is 0 Å². The molecule has 1 N–H and O–H groups in total. The Labute approximate surface area is 91.5 Å². The van der Waals surface area contributed by atoms with Crippen molar-refractivity contribution in [3.8, 4) is 0 Å². The summed E-state index contributed by atoms with van der Waals surface area (Å²) in [4.78, 5) is 6.92. The topological polar surface area (TPSA) is 28.2 Å². The molecule has 1 aliphatic rings. The minimum Gasteiger partial charge on any atom is -0.315 e. The van der Waals surface area contributed by atoms with Crippen molar-refractivity contribution in [3.05, 3.63) is 30.1 Å². The Morgan fingerprint density at radius 2 is 2.27 bits per heavy atom. The van der Waals surface area contributed by atoms with Gasteiger partial charge in [0, 0.05) is 31.9 Å². The zero-order valence-electron chi connectivity index (χ0n) is 9.32. The van der Waals surface area contributed by atoms with Crippen molar-refractivity contribution >= 4 is 0 Å². The van der Waals surface area contributed by atoms with Crippen molar-refractivity contribution in [3.63, 3.8) is 0 Å². The molecule has 2 heterocycles. The molecular weight excluding hydrogens is 186 g/mol. The quantitative estimate of drug-likeness (QED) is 0.792. The molecule has 0 radical (unpaired) electrons. The lowest BCUT2D eigenvalue weighted by atomic mass is 10.2. The van der Waals surface area contributed by atoms with Gasteiger partial charge in [0.25, 0.3) is 0 Å². The number of pyridine rings is 1. The molecule has 1 atom stereocenters. The van der Waals surface area contributed by atoms with Crippen LogP contribution in [0.1, 0.15) is 25.1 Å². The third-order valence-electron chi connectivity index (χ3n) is 3.04. The van der Waals surface area contributed by atoms with Crippen molar-refractivity contribution in [1.82, 2.24) is 15.2 Å². The summed E-state index contributed by atoms with van der Waals surface area (Å²) in [5.74, 6) is 0. The van der Waals surface area contributed by atoms with Crippen LogP contribution in [0.3, 0.4) is 0 Å². The molecule has 0 aliphatic carbocycles. The fourth-order valence-electron chi connectivity index (χ4n) is 2.06. The van der Waals surface area contributed by atoms with E-state index in [2.05, 4.69) is 34.3 Å². The molecule has 0 unspecified atom stereocenters. The van der Waals surface area contributed by atoms with Gasteiger partial charge in [-0.3, -0.25) is 9.88 Å². The summed E-state index contributed by atoms with van der Waals surface area (Å²) >= 11 is 0. The van der Waals surface area contributed by atoms with Crippen molar-refractivity contribution < 1.29 is 0 Å². The zero-order chi connectivity index (χ0) is 10.5. The molecule has 0 amide bonds. The normalized spacial score (nSPS) is 20.9. The van der Waals surface area contributed by atoms with Gasteiger partial charge >= 0.3 is 0 Å². The molecule has 1 fully saturated rings. The van der Waals surface area contributed by atoms with Crippen LogP contribution in [-0.2, 0) is 0 Å². The maximum atomic E-state index is 4.42. The zero-order valence-corrected chi connectivity index (χ0v) is 9.32. The minimum absolute atomic E-state index is 0.436. The number of aromatic nitrogens is 1. The van der Waals surface area contributed by atoms with Gasteiger partial charge in [-0.2, -0.15) is 0 Å². The lowest BCUT2D eigenvalue weighted by molar-refractivity contribution is 0.221. The van der Waals surface area contributed by atoms with E-state index in [1.54, 1.807) is 0 Å². The molecule has 1 aromatic rings. The van der Waals surface area contributed by atoms with Crippen molar-refractivity contribution in [2.75, 3.05) is 26.2 Å². The number of hydrogen-bond acceptors (Lipinski definition) is 3. The lowest BCUT2D eigenvalue weighted by Gasteiger charge is -2.26. The van der Waals surface area contributed by atoms with E-state index in [-0.39, 0.29) is 0 Å². The number of nitrogens with zero attached hydrogens (tertiary/aromatic N) is 2. The first-order valence-corrected chi connectivity index (χ1v) is 5.73. The average molecular weight is 205 g/mol. The first kappa shape index (κ1) is 10.6. The molecule has 0 spiro atoms. The number of rotatable bonds is 2. The van der Waals surface area contributed by atoms with E-state index in [4.69, 9.17) is 0 Å². The van der Waals surface area contributed by atoms with Gasteiger partial charge in [-0.25, -0.2) is 0 Å². The molecule has 0 saturated carbocycles. The Balaban J connectivity index is 2.03. The molecule has 0 bridgehead atoms. The smallest absolute Gasteiger partial charge is 0.0572 e. The number of nitrogens with one attached hydrogen (secondary N) is 1. The summed E-state index contributed by atoms with van der Waals surface area (Å²) in [7, 11) is 0. The van der Waals surface area contributed by atoms with Crippen molar-refractivity contribution in [1.29, 1.82) is 0 Å². The van der Waals surface area contributed by atoms with E-state index in [9.17, 15) is 0 Å². The highest BCUT2D eigenvalue weighted by atomic mass is 15.2. The highest BCUT2D eigenvalue weighted by molar-refractivity contribution is 5.08. The summed E-state index contributed by atoms with van der Waals surface area (Å²) in [6.45, 7) is 6.78. The second kappa shape index (κ2) is 5.24. The van der Waals surface area contributed by atoms with E-state index in [0.29, 0.717) is 6.04 Å². The Bertz CT molecular complexity index is 278. The van der Waals surface area contributed by atoms with Crippen LogP contribution in [-0.4, -0.2) is 36.1 Å². The Hall–Kier alpha value is -0.930. The van der Waals surface area contributed by atoms with Gasteiger partial charge in [-0.1, -0.05) is 6.07 Å². The van der Waals surface area contributed by atoms with Gasteiger partial charge < -0.3 is 5.32 Å². The first-order chi connectivity index (χ1) is 7.38. The summed E-state index contributed by atoms with van der Waals surface area (Å²) in [5.41, 5.74) is 1.18. The van der Waals surface area contributed by atoms with Crippen LogP contribution in [0, 0.1) is 0 Å². The van der Waals surface area contributed by atoms with Gasteiger partial charge in [0.05, 0.1) is 5.69 Å². The van der Waals surface area contributed by atoms with Crippen LogP contribution in [0.4, 0.5) is 0 Å². The van der Waals surface area contributed by atoms with Crippen LogP contribution in [0.5, 0.6) is 0 Å². The maximum Gasteiger partial charge on any atom is 0.0572 e. The number of hydrogen-bond donors (Lipinski definition) is 1.